The minimum atomic E-state index is -0.977. The lowest BCUT2D eigenvalue weighted by Gasteiger charge is -2.19. The molecule has 1 aromatic rings. The molecule has 0 aliphatic rings. The molecule has 100 valence electrons. The second-order valence-corrected chi connectivity index (χ2v) is 5.37. The molecule has 1 atom stereocenters. The first-order chi connectivity index (χ1) is 8.28. The third kappa shape index (κ3) is 5.29. The Hall–Kier alpha value is -1.39. The van der Waals surface area contributed by atoms with Crippen molar-refractivity contribution in [1.82, 2.24) is 0 Å². The van der Waals surface area contributed by atoms with Crippen LogP contribution in [0.2, 0.25) is 0 Å². The monoisotopic (exact) mass is 251 g/mol. The van der Waals surface area contributed by atoms with Gasteiger partial charge in [0.15, 0.2) is 0 Å². The largest absolute Gasteiger partial charge is 0.480 e. The highest BCUT2D eigenvalue weighted by Crippen LogP contribution is 2.13. The first-order valence-electron chi connectivity index (χ1n) is 5.98. The molecule has 4 heteroatoms. The van der Waals surface area contributed by atoms with Crippen LogP contribution in [0.15, 0.2) is 24.3 Å². The molecule has 0 amide bonds. The number of aliphatic carboxylic acids is 1. The molecule has 0 unspecified atom stereocenters. The highest BCUT2D eigenvalue weighted by molar-refractivity contribution is 5.73. The summed E-state index contributed by atoms with van der Waals surface area (Å²) in [7, 11) is 0. The summed E-state index contributed by atoms with van der Waals surface area (Å²) in [4.78, 5) is 10.6. The van der Waals surface area contributed by atoms with E-state index >= 15 is 0 Å². The van der Waals surface area contributed by atoms with Crippen molar-refractivity contribution in [1.29, 1.82) is 0 Å². The van der Waals surface area contributed by atoms with Crippen LogP contribution in [0.4, 0.5) is 0 Å². The van der Waals surface area contributed by atoms with E-state index in [2.05, 4.69) is 0 Å². The summed E-state index contributed by atoms with van der Waals surface area (Å²) in [6.45, 7) is 6.57. The highest BCUT2D eigenvalue weighted by atomic mass is 16.5. The molecule has 0 heterocycles. The van der Waals surface area contributed by atoms with Crippen LogP contribution in [-0.4, -0.2) is 22.7 Å². The van der Waals surface area contributed by atoms with Gasteiger partial charge in [0, 0.05) is 0 Å². The van der Waals surface area contributed by atoms with Crippen molar-refractivity contribution in [2.75, 3.05) is 0 Å². The summed E-state index contributed by atoms with van der Waals surface area (Å²) < 4.78 is 5.66. The Morgan fingerprint density at radius 1 is 1.28 bits per heavy atom. The van der Waals surface area contributed by atoms with Crippen LogP contribution in [0.3, 0.4) is 0 Å². The first-order valence-corrected chi connectivity index (χ1v) is 5.98. The molecular weight excluding hydrogens is 230 g/mol. The van der Waals surface area contributed by atoms with Crippen LogP contribution in [0.25, 0.3) is 0 Å². The lowest BCUT2D eigenvalue weighted by atomic mass is 10.0. The Kier molecular flexibility index (Phi) is 4.87. The van der Waals surface area contributed by atoms with Gasteiger partial charge < -0.3 is 15.6 Å². The van der Waals surface area contributed by atoms with Crippen molar-refractivity contribution in [2.45, 2.75) is 45.4 Å². The van der Waals surface area contributed by atoms with Crippen molar-refractivity contribution >= 4 is 5.97 Å². The number of carboxylic acid groups (broad SMARTS) is 1. The number of benzene rings is 1. The highest BCUT2D eigenvalue weighted by Gasteiger charge is 2.12. The van der Waals surface area contributed by atoms with Crippen LogP contribution in [0.1, 0.15) is 31.9 Å². The molecule has 0 aliphatic heterocycles. The van der Waals surface area contributed by atoms with E-state index in [1.54, 1.807) is 0 Å². The zero-order valence-corrected chi connectivity index (χ0v) is 11.1. The summed E-state index contributed by atoms with van der Waals surface area (Å²) in [6.07, 6.45) is 0.343. The number of carbonyl (C=O) groups is 1. The summed E-state index contributed by atoms with van der Waals surface area (Å²) in [5.41, 5.74) is 7.30. The van der Waals surface area contributed by atoms with Gasteiger partial charge in [-0.15, -0.1) is 0 Å². The molecule has 18 heavy (non-hydrogen) atoms. The molecular formula is C14H21NO3. The van der Waals surface area contributed by atoms with Gasteiger partial charge >= 0.3 is 5.97 Å². The van der Waals surface area contributed by atoms with Crippen molar-refractivity contribution in [3.63, 3.8) is 0 Å². The molecule has 0 spiro atoms. The Morgan fingerprint density at radius 3 is 2.22 bits per heavy atom. The van der Waals surface area contributed by atoms with Gasteiger partial charge in [-0.25, -0.2) is 0 Å². The van der Waals surface area contributed by atoms with Crippen molar-refractivity contribution in [3.8, 4) is 0 Å². The Morgan fingerprint density at radius 2 is 1.78 bits per heavy atom. The van der Waals surface area contributed by atoms with Crippen LogP contribution in [0.5, 0.6) is 0 Å². The van der Waals surface area contributed by atoms with Gasteiger partial charge in [-0.3, -0.25) is 4.79 Å². The SMILES string of the molecule is CC(C)(C)OCc1ccc(C[C@H](N)C(=O)O)cc1. The molecule has 0 fully saturated rings. The standard InChI is InChI=1S/C14H21NO3/c1-14(2,3)18-9-11-6-4-10(5-7-11)8-12(15)13(16)17/h4-7,12H,8-9,15H2,1-3H3,(H,16,17)/t12-/m0/s1. The van der Waals surface area contributed by atoms with Crippen LogP contribution in [-0.2, 0) is 22.6 Å². The number of carboxylic acids is 1. The Balaban J connectivity index is 2.55. The first kappa shape index (κ1) is 14.7. The van der Waals surface area contributed by atoms with E-state index in [-0.39, 0.29) is 5.60 Å². The van der Waals surface area contributed by atoms with Crippen LogP contribution < -0.4 is 5.73 Å². The van der Waals surface area contributed by atoms with Crippen molar-refractivity contribution in [3.05, 3.63) is 35.4 Å². The summed E-state index contributed by atoms with van der Waals surface area (Å²) in [5.74, 6) is -0.977. The number of nitrogens with two attached hydrogens (primary N) is 1. The van der Waals surface area contributed by atoms with Crippen LogP contribution >= 0.6 is 0 Å². The van der Waals surface area contributed by atoms with E-state index < -0.39 is 12.0 Å². The molecule has 0 aliphatic carbocycles. The summed E-state index contributed by atoms with van der Waals surface area (Å²) in [6, 6.07) is 6.82. The second-order valence-electron chi connectivity index (χ2n) is 5.37. The normalized spacial score (nSPS) is 13.3. The fraction of sp³-hybridized carbons (Fsp3) is 0.500. The maximum absolute atomic E-state index is 10.6. The maximum Gasteiger partial charge on any atom is 0.320 e. The van der Waals surface area contributed by atoms with E-state index in [0.29, 0.717) is 13.0 Å². The smallest absolute Gasteiger partial charge is 0.320 e. The van der Waals surface area contributed by atoms with E-state index in [4.69, 9.17) is 15.6 Å². The quantitative estimate of drug-likeness (QED) is 0.839. The van der Waals surface area contributed by atoms with E-state index in [9.17, 15) is 4.79 Å². The van der Waals surface area contributed by atoms with E-state index in [0.717, 1.165) is 11.1 Å². The fourth-order valence-corrected chi connectivity index (χ4v) is 1.41. The lowest BCUT2D eigenvalue weighted by Crippen LogP contribution is -2.32. The van der Waals surface area contributed by atoms with Gasteiger partial charge in [-0.2, -0.15) is 0 Å². The predicted octanol–water partition coefficient (Wildman–Crippen LogP) is 1.96. The molecule has 0 bridgehead atoms. The molecule has 0 saturated carbocycles. The van der Waals surface area contributed by atoms with Gasteiger partial charge in [0.05, 0.1) is 12.2 Å². The van der Waals surface area contributed by atoms with Crippen molar-refractivity contribution < 1.29 is 14.6 Å². The third-order valence-corrected chi connectivity index (χ3v) is 2.47. The van der Waals surface area contributed by atoms with Crippen LogP contribution in [0, 0.1) is 0 Å². The van der Waals surface area contributed by atoms with Crippen molar-refractivity contribution in [2.24, 2.45) is 5.73 Å². The lowest BCUT2D eigenvalue weighted by molar-refractivity contribution is -0.138. The van der Waals surface area contributed by atoms with E-state index in [1.165, 1.54) is 0 Å². The molecule has 0 radical (unpaired) electrons. The predicted molar refractivity (Wildman–Crippen MR) is 70.3 cm³/mol. The fourth-order valence-electron chi connectivity index (χ4n) is 1.41. The molecule has 1 aromatic carbocycles. The van der Waals surface area contributed by atoms with E-state index in [1.807, 2.05) is 45.0 Å². The average molecular weight is 251 g/mol. The minimum absolute atomic E-state index is 0.162. The van der Waals surface area contributed by atoms with Gasteiger partial charge in [0.1, 0.15) is 6.04 Å². The maximum atomic E-state index is 10.6. The Bertz CT molecular complexity index is 392. The third-order valence-electron chi connectivity index (χ3n) is 2.47. The van der Waals surface area contributed by atoms with Gasteiger partial charge in [-0.05, 0) is 38.3 Å². The number of rotatable bonds is 5. The zero-order valence-electron chi connectivity index (χ0n) is 11.1. The summed E-state index contributed by atoms with van der Waals surface area (Å²) >= 11 is 0. The molecule has 0 saturated heterocycles. The topological polar surface area (TPSA) is 72.5 Å². The minimum Gasteiger partial charge on any atom is -0.480 e. The molecule has 4 nitrogen and oxygen atoms in total. The molecule has 0 aromatic heterocycles. The molecule has 3 N–H and O–H groups in total. The second kappa shape index (κ2) is 5.98. The number of ether oxygens (including phenoxy) is 1. The van der Waals surface area contributed by atoms with Gasteiger partial charge in [0.2, 0.25) is 0 Å². The number of hydrogen-bond donors (Lipinski definition) is 2. The Labute approximate surface area is 108 Å². The average Bonchev–Trinajstić information content (AvgIpc) is 2.27. The zero-order chi connectivity index (χ0) is 13.8. The summed E-state index contributed by atoms with van der Waals surface area (Å²) in [5, 5.41) is 8.73. The molecule has 1 rings (SSSR count). The van der Waals surface area contributed by atoms with Gasteiger partial charge in [0.25, 0.3) is 0 Å². The van der Waals surface area contributed by atoms with Gasteiger partial charge in [-0.1, -0.05) is 24.3 Å². The number of hydrogen-bond acceptors (Lipinski definition) is 3.